The molecule has 0 saturated carbocycles. The SMILES string of the molecule is SCCOc1cncc(Br)c1. The number of halogens is 1. The highest BCUT2D eigenvalue weighted by atomic mass is 79.9. The van der Waals surface area contributed by atoms with Gasteiger partial charge in [-0.25, -0.2) is 0 Å². The molecule has 2 nitrogen and oxygen atoms in total. The van der Waals surface area contributed by atoms with Crippen LogP contribution in [0.3, 0.4) is 0 Å². The molecule has 0 radical (unpaired) electrons. The Bertz CT molecular complexity index is 231. The minimum absolute atomic E-state index is 0.612. The topological polar surface area (TPSA) is 22.1 Å². The molecular weight excluding hydrogens is 226 g/mol. The first kappa shape index (κ1) is 8.87. The first-order valence-corrected chi connectivity index (χ1v) is 4.59. The number of thiol groups is 1. The van der Waals surface area contributed by atoms with Crippen molar-refractivity contribution in [2.45, 2.75) is 0 Å². The summed E-state index contributed by atoms with van der Waals surface area (Å²) in [5.41, 5.74) is 0. The van der Waals surface area contributed by atoms with Crippen molar-refractivity contribution in [2.75, 3.05) is 12.4 Å². The van der Waals surface area contributed by atoms with Gasteiger partial charge in [-0.1, -0.05) is 0 Å². The van der Waals surface area contributed by atoms with Crippen molar-refractivity contribution in [1.29, 1.82) is 0 Å². The van der Waals surface area contributed by atoms with Gasteiger partial charge in [0.1, 0.15) is 5.75 Å². The average molecular weight is 234 g/mol. The second-order valence-electron chi connectivity index (χ2n) is 1.91. The quantitative estimate of drug-likeness (QED) is 0.809. The molecule has 4 heteroatoms. The lowest BCUT2D eigenvalue weighted by Gasteiger charge is -2.02. The van der Waals surface area contributed by atoms with Gasteiger partial charge in [0, 0.05) is 16.4 Å². The summed E-state index contributed by atoms with van der Waals surface area (Å²) in [5, 5.41) is 0. The highest BCUT2D eigenvalue weighted by Crippen LogP contribution is 2.15. The molecule has 11 heavy (non-hydrogen) atoms. The third-order valence-electron chi connectivity index (χ3n) is 1.04. The van der Waals surface area contributed by atoms with E-state index in [-0.39, 0.29) is 0 Å². The molecule has 0 bridgehead atoms. The molecule has 0 aliphatic heterocycles. The normalized spacial score (nSPS) is 9.64. The minimum Gasteiger partial charge on any atom is -0.491 e. The summed E-state index contributed by atoms with van der Waals surface area (Å²) in [6, 6.07) is 1.87. The van der Waals surface area contributed by atoms with Gasteiger partial charge in [-0.15, -0.1) is 0 Å². The first-order chi connectivity index (χ1) is 5.33. The Kier molecular flexibility index (Phi) is 3.72. The van der Waals surface area contributed by atoms with Crippen LogP contribution < -0.4 is 4.74 Å². The number of hydrogen-bond acceptors (Lipinski definition) is 3. The lowest BCUT2D eigenvalue weighted by atomic mass is 10.5. The van der Waals surface area contributed by atoms with Gasteiger partial charge in [0.05, 0.1) is 12.8 Å². The van der Waals surface area contributed by atoms with Crippen molar-refractivity contribution in [2.24, 2.45) is 0 Å². The van der Waals surface area contributed by atoms with Crippen molar-refractivity contribution in [3.05, 3.63) is 22.9 Å². The maximum absolute atomic E-state index is 5.27. The van der Waals surface area contributed by atoms with E-state index in [9.17, 15) is 0 Å². The molecule has 1 rings (SSSR count). The Hall–Kier alpha value is -0.220. The third kappa shape index (κ3) is 3.12. The molecule has 0 amide bonds. The average Bonchev–Trinajstić information content (AvgIpc) is 2.01. The molecule has 0 unspecified atom stereocenters. The zero-order chi connectivity index (χ0) is 8.10. The van der Waals surface area contributed by atoms with Crippen LogP contribution >= 0.6 is 28.6 Å². The fourth-order valence-corrected chi connectivity index (χ4v) is 1.07. The van der Waals surface area contributed by atoms with E-state index in [0.717, 1.165) is 10.2 Å². The summed E-state index contributed by atoms with van der Waals surface area (Å²) in [6.07, 6.45) is 3.39. The summed E-state index contributed by atoms with van der Waals surface area (Å²) < 4.78 is 6.19. The van der Waals surface area contributed by atoms with E-state index in [4.69, 9.17) is 4.74 Å². The van der Waals surface area contributed by atoms with Gasteiger partial charge in [-0.05, 0) is 22.0 Å². The fraction of sp³-hybridized carbons (Fsp3) is 0.286. The van der Waals surface area contributed by atoms with Gasteiger partial charge in [0.15, 0.2) is 0 Å². The fourth-order valence-electron chi connectivity index (χ4n) is 0.635. The van der Waals surface area contributed by atoms with Gasteiger partial charge in [-0.3, -0.25) is 4.98 Å². The molecule has 0 spiro atoms. The molecule has 1 aromatic rings. The van der Waals surface area contributed by atoms with Crippen LogP contribution in [-0.2, 0) is 0 Å². The smallest absolute Gasteiger partial charge is 0.138 e. The van der Waals surface area contributed by atoms with Gasteiger partial charge in [0.2, 0.25) is 0 Å². The predicted molar refractivity (Wildman–Crippen MR) is 51.3 cm³/mol. The number of rotatable bonds is 3. The van der Waals surface area contributed by atoms with Crippen LogP contribution in [0.1, 0.15) is 0 Å². The molecule has 0 N–H and O–H groups in total. The summed E-state index contributed by atoms with van der Waals surface area (Å²) >= 11 is 7.31. The van der Waals surface area contributed by atoms with Crippen molar-refractivity contribution >= 4 is 28.6 Å². The molecule has 0 saturated heterocycles. The molecule has 1 aromatic heterocycles. The van der Waals surface area contributed by atoms with E-state index in [1.54, 1.807) is 12.4 Å². The van der Waals surface area contributed by atoms with Gasteiger partial charge < -0.3 is 4.74 Å². The summed E-state index contributed by atoms with van der Waals surface area (Å²) in [5.74, 6) is 1.49. The van der Waals surface area contributed by atoms with Crippen LogP contribution in [0.15, 0.2) is 22.9 Å². The van der Waals surface area contributed by atoms with Gasteiger partial charge in [0.25, 0.3) is 0 Å². The zero-order valence-electron chi connectivity index (χ0n) is 5.83. The Balaban J connectivity index is 2.56. The molecule has 0 fully saturated rings. The lowest BCUT2D eigenvalue weighted by Crippen LogP contribution is -1.97. The minimum atomic E-state index is 0.612. The first-order valence-electron chi connectivity index (χ1n) is 3.17. The van der Waals surface area contributed by atoms with Crippen molar-refractivity contribution in [3.8, 4) is 5.75 Å². The van der Waals surface area contributed by atoms with Crippen molar-refractivity contribution in [3.63, 3.8) is 0 Å². The van der Waals surface area contributed by atoms with Crippen LogP contribution in [0.5, 0.6) is 5.75 Å². The molecule has 1 heterocycles. The third-order valence-corrected chi connectivity index (χ3v) is 1.66. The number of pyridine rings is 1. The molecule has 0 atom stereocenters. The lowest BCUT2D eigenvalue weighted by molar-refractivity contribution is 0.342. The molecular formula is C7H8BrNOS. The summed E-state index contributed by atoms with van der Waals surface area (Å²) in [7, 11) is 0. The summed E-state index contributed by atoms with van der Waals surface area (Å²) in [4.78, 5) is 3.94. The van der Waals surface area contributed by atoms with Gasteiger partial charge in [-0.2, -0.15) is 12.6 Å². The maximum Gasteiger partial charge on any atom is 0.138 e. The number of aromatic nitrogens is 1. The monoisotopic (exact) mass is 233 g/mol. The van der Waals surface area contributed by atoms with Crippen molar-refractivity contribution in [1.82, 2.24) is 4.98 Å². The van der Waals surface area contributed by atoms with E-state index in [2.05, 4.69) is 33.5 Å². The van der Waals surface area contributed by atoms with Crippen LogP contribution in [0.4, 0.5) is 0 Å². The molecule has 0 aromatic carbocycles. The predicted octanol–water partition coefficient (Wildman–Crippen LogP) is 2.15. The van der Waals surface area contributed by atoms with E-state index < -0.39 is 0 Å². The second kappa shape index (κ2) is 4.62. The zero-order valence-corrected chi connectivity index (χ0v) is 8.31. The van der Waals surface area contributed by atoms with E-state index in [1.165, 1.54) is 0 Å². The van der Waals surface area contributed by atoms with Gasteiger partial charge >= 0.3 is 0 Å². The number of hydrogen-bond donors (Lipinski definition) is 1. The standard InChI is InChI=1S/C7H8BrNOS/c8-6-3-7(5-9-4-6)10-1-2-11/h3-5,11H,1-2H2. The Labute approximate surface area is 79.5 Å². The highest BCUT2D eigenvalue weighted by Gasteiger charge is 1.93. The van der Waals surface area contributed by atoms with Crippen LogP contribution in [0, 0.1) is 0 Å². The van der Waals surface area contributed by atoms with Crippen molar-refractivity contribution < 1.29 is 4.74 Å². The second-order valence-corrected chi connectivity index (χ2v) is 3.27. The van der Waals surface area contributed by atoms with E-state index in [1.807, 2.05) is 6.07 Å². The molecule has 60 valence electrons. The maximum atomic E-state index is 5.27. The van der Waals surface area contributed by atoms with E-state index >= 15 is 0 Å². The number of nitrogens with zero attached hydrogens (tertiary/aromatic N) is 1. The summed E-state index contributed by atoms with van der Waals surface area (Å²) in [6.45, 7) is 0.612. The molecule has 0 aliphatic rings. The Morgan fingerprint density at radius 3 is 3.00 bits per heavy atom. The van der Waals surface area contributed by atoms with E-state index in [0.29, 0.717) is 12.4 Å². The van der Waals surface area contributed by atoms with Crippen LogP contribution in [-0.4, -0.2) is 17.3 Å². The Morgan fingerprint density at radius 2 is 2.36 bits per heavy atom. The number of ether oxygens (including phenoxy) is 1. The van der Waals surface area contributed by atoms with Crippen LogP contribution in [0.2, 0.25) is 0 Å². The largest absolute Gasteiger partial charge is 0.491 e. The highest BCUT2D eigenvalue weighted by molar-refractivity contribution is 9.10. The Morgan fingerprint density at radius 1 is 1.55 bits per heavy atom. The van der Waals surface area contributed by atoms with Crippen LogP contribution in [0.25, 0.3) is 0 Å². The molecule has 0 aliphatic carbocycles.